The van der Waals surface area contributed by atoms with Crippen LogP contribution in [-0.2, 0) is 0 Å². The molecule has 0 aliphatic rings. The number of fused-ring (bicyclic) bond motifs is 2. The second-order valence-electron chi connectivity index (χ2n) is 8.48. The normalized spacial score (nSPS) is 10.8. The molecule has 0 atom stereocenters. The highest BCUT2D eigenvalue weighted by molar-refractivity contribution is 7.98. The Balaban J connectivity index is 1.65. The fourth-order valence-corrected chi connectivity index (χ4v) is 4.80. The molecular formula is C31H26N2O4S. The van der Waals surface area contributed by atoms with Crippen molar-refractivity contribution < 1.29 is 19.1 Å². The van der Waals surface area contributed by atoms with E-state index < -0.39 is 12.2 Å². The average Bonchev–Trinajstić information content (AvgIpc) is 2.94. The Hall–Kier alpha value is -4.49. The van der Waals surface area contributed by atoms with Crippen molar-refractivity contribution in [2.75, 3.05) is 18.1 Å². The van der Waals surface area contributed by atoms with Crippen LogP contribution in [-0.4, -0.2) is 25.0 Å². The van der Waals surface area contributed by atoms with E-state index in [4.69, 9.17) is 9.47 Å². The van der Waals surface area contributed by atoms with E-state index in [0.717, 1.165) is 26.4 Å². The van der Waals surface area contributed by atoms with Crippen molar-refractivity contribution in [2.45, 2.75) is 11.8 Å². The highest BCUT2D eigenvalue weighted by Crippen LogP contribution is 2.45. The van der Waals surface area contributed by atoms with Gasteiger partial charge in [-0.25, -0.2) is 9.59 Å². The molecule has 0 aliphatic heterocycles. The number of thioether (sulfide) groups is 1. The number of nitrogens with one attached hydrogen (secondary N) is 2. The molecule has 0 unspecified atom stereocenters. The smallest absolute Gasteiger partial charge is 0.410 e. The minimum Gasteiger partial charge on any atom is -0.410 e. The quantitative estimate of drug-likeness (QED) is 0.220. The predicted octanol–water partition coefficient (Wildman–Crippen LogP) is 8.10. The van der Waals surface area contributed by atoms with Gasteiger partial charge in [0.15, 0.2) is 0 Å². The first kappa shape index (κ1) is 25.2. The van der Waals surface area contributed by atoms with Gasteiger partial charge in [-0.05, 0) is 71.1 Å². The van der Waals surface area contributed by atoms with Gasteiger partial charge in [0, 0.05) is 28.3 Å². The fraction of sp³-hybridized carbons (Fsp3) is 0.0968. The second-order valence-corrected chi connectivity index (χ2v) is 9.36. The topological polar surface area (TPSA) is 76.7 Å². The van der Waals surface area contributed by atoms with Crippen LogP contribution in [0.1, 0.15) is 6.92 Å². The van der Waals surface area contributed by atoms with Gasteiger partial charge in [0.1, 0.15) is 11.5 Å². The Morgan fingerprint density at radius 2 is 1.21 bits per heavy atom. The highest BCUT2D eigenvalue weighted by Gasteiger charge is 2.22. The molecule has 38 heavy (non-hydrogen) atoms. The van der Waals surface area contributed by atoms with Gasteiger partial charge in [0.05, 0.1) is 0 Å². The lowest BCUT2D eigenvalue weighted by Gasteiger charge is -2.19. The van der Waals surface area contributed by atoms with Crippen LogP contribution in [0.15, 0.2) is 102 Å². The van der Waals surface area contributed by atoms with E-state index in [0.29, 0.717) is 34.9 Å². The molecule has 5 rings (SSSR count). The third-order valence-corrected chi connectivity index (χ3v) is 6.84. The average molecular weight is 523 g/mol. The number of carbonyl (C=O) groups is 2. The van der Waals surface area contributed by atoms with E-state index in [1.165, 1.54) is 0 Å². The van der Waals surface area contributed by atoms with Crippen LogP contribution < -0.4 is 20.1 Å². The summed E-state index contributed by atoms with van der Waals surface area (Å²) in [5.41, 5.74) is 1.95. The third kappa shape index (κ3) is 5.28. The van der Waals surface area contributed by atoms with E-state index in [1.54, 1.807) is 23.9 Å². The first-order valence-corrected chi connectivity index (χ1v) is 13.4. The van der Waals surface area contributed by atoms with Gasteiger partial charge in [0.25, 0.3) is 0 Å². The van der Waals surface area contributed by atoms with Crippen molar-refractivity contribution in [2.24, 2.45) is 0 Å². The van der Waals surface area contributed by atoms with Gasteiger partial charge in [-0.15, -0.1) is 11.8 Å². The summed E-state index contributed by atoms with van der Waals surface area (Å²) in [4.78, 5) is 26.6. The molecule has 5 aromatic rings. The summed E-state index contributed by atoms with van der Waals surface area (Å²) in [6.07, 6.45) is 0.817. The van der Waals surface area contributed by atoms with Crippen molar-refractivity contribution in [3.8, 4) is 22.6 Å². The van der Waals surface area contributed by atoms with E-state index in [2.05, 4.69) is 10.6 Å². The number of carbonyl (C=O) groups excluding carboxylic acids is 2. The summed E-state index contributed by atoms with van der Waals surface area (Å²) < 4.78 is 11.7. The standard InChI is InChI=1S/C31H26N2O4S/c1-3-32-30(34)36-26-18-12-20-8-4-6-10-24(20)28(26)29-25-11-7-5-9-21(25)13-19-27(29)37-31(35)33-22-14-16-23(38-2)17-15-22/h4-19H,3H2,1-2H3,(H,32,34)(H,33,35). The van der Waals surface area contributed by atoms with Crippen LogP contribution in [0.25, 0.3) is 32.7 Å². The van der Waals surface area contributed by atoms with Gasteiger partial charge in [-0.3, -0.25) is 5.32 Å². The Bertz CT molecular complexity index is 1630. The van der Waals surface area contributed by atoms with Gasteiger partial charge >= 0.3 is 12.2 Å². The molecule has 2 amide bonds. The fourth-order valence-electron chi connectivity index (χ4n) is 4.39. The number of amides is 2. The zero-order valence-corrected chi connectivity index (χ0v) is 21.8. The zero-order valence-electron chi connectivity index (χ0n) is 21.0. The summed E-state index contributed by atoms with van der Waals surface area (Å²) in [5.74, 6) is 0.711. The molecular weight excluding hydrogens is 496 g/mol. The summed E-state index contributed by atoms with van der Waals surface area (Å²) >= 11 is 1.62. The Morgan fingerprint density at radius 1 is 0.684 bits per heavy atom. The lowest BCUT2D eigenvalue weighted by atomic mass is 9.92. The van der Waals surface area contributed by atoms with E-state index in [1.807, 2.05) is 98.1 Å². The number of benzene rings is 5. The molecule has 0 fully saturated rings. The Morgan fingerprint density at radius 3 is 1.74 bits per heavy atom. The summed E-state index contributed by atoms with van der Waals surface area (Å²) in [7, 11) is 0. The molecule has 0 aliphatic carbocycles. The van der Waals surface area contributed by atoms with Crippen molar-refractivity contribution in [1.82, 2.24) is 5.32 Å². The van der Waals surface area contributed by atoms with E-state index >= 15 is 0 Å². The molecule has 0 aromatic heterocycles. The van der Waals surface area contributed by atoms with Gasteiger partial charge in [-0.1, -0.05) is 60.7 Å². The Labute approximate surface area is 225 Å². The molecule has 0 heterocycles. The summed E-state index contributed by atoms with van der Waals surface area (Å²) in [6, 6.07) is 30.6. The van der Waals surface area contributed by atoms with Crippen LogP contribution in [0.5, 0.6) is 11.5 Å². The highest BCUT2D eigenvalue weighted by atomic mass is 32.2. The van der Waals surface area contributed by atoms with Gasteiger partial charge in [-0.2, -0.15) is 0 Å². The molecule has 6 nitrogen and oxygen atoms in total. The van der Waals surface area contributed by atoms with Crippen LogP contribution >= 0.6 is 11.8 Å². The van der Waals surface area contributed by atoms with Gasteiger partial charge < -0.3 is 14.8 Å². The van der Waals surface area contributed by atoms with Crippen LogP contribution in [0.2, 0.25) is 0 Å². The maximum absolute atomic E-state index is 13.0. The summed E-state index contributed by atoms with van der Waals surface area (Å²) in [5, 5.41) is 9.13. The van der Waals surface area contributed by atoms with Gasteiger partial charge in [0.2, 0.25) is 0 Å². The van der Waals surface area contributed by atoms with Crippen molar-refractivity contribution >= 4 is 51.2 Å². The molecule has 0 saturated carbocycles. The Kier molecular flexibility index (Phi) is 7.47. The minimum atomic E-state index is -0.620. The molecule has 0 saturated heterocycles. The number of hydrogen-bond acceptors (Lipinski definition) is 5. The first-order valence-electron chi connectivity index (χ1n) is 12.2. The van der Waals surface area contributed by atoms with Crippen LogP contribution in [0.3, 0.4) is 0 Å². The first-order chi connectivity index (χ1) is 18.6. The third-order valence-electron chi connectivity index (χ3n) is 6.09. The maximum Gasteiger partial charge on any atom is 0.417 e. The molecule has 0 bridgehead atoms. The zero-order chi connectivity index (χ0) is 26.5. The number of rotatable bonds is 6. The lowest BCUT2D eigenvalue weighted by molar-refractivity contribution is 0.201. The SMILES string of the molecule is CCNC(=O)Oc1ccc2ccccc2c1-c1c(OC(=O)Nc2ccc(SC)cc2)ccc2ccccc12. The molecule has 2 N–H and O–H groups in total. The molecule has 7 heteroatoms. The lowest BCUT2D eigenvalue weighted by Crippen LogP contribution is -2.26. The van der Waals surface area contributed by atoms with E-state index in [-0.39, 0.29) is 0 Å². The van der Waals surface area contributed by atoms with Crippen LogP contribution in [0.4, 0.5) is 15.3 Å². The maximum atomic E-state index is 13.0. The largest absolute Gasteiger partial charge is 0.417 e. The minimum absolute atomic E-state index is 0.346. The molecule has 0 radical (unpaired) electrons. The monoisotopic (exact) mass is 522 g/mol. The molecule has 190 valence electrons. The molecule has 0 spiro atoms. The van der Waals surface area contributed by atoms with Crippen molar-refractivity contribution in [3.63, 3.8) is 0 Å². The second kappa shape index (κ2) is 11.3. The number of anilines is 1. The van der Waals surface area contributed by atoms with Crippen molar-refractivity contribution in [3.05, 3.63) is 97.1 Å². The molecule has 5 aromatic carbocycles. The summed E-state index contributed by atoms with van der Waals surface area (Å²) in [6.45, 7) is 2.26. The number of ether oxygens (including phenoxy) is 2. The number of hydrogen-bond donors (Lipinski definition) is 2. The van der Waals surface area contributed by atoms with E-state index in [9.17, 15) is 9.59 Å². The van der Waals surface area contributed by atoms with Crippen molar-refractivity contribution in [1.29, 1.82) is 0 Å². The van der Waals surface area contributed by atoms with Crippen LogP contribution in [0, 0.1) is 0 Å². The predicted molar refractivity (Wildman–Crippen MR) is 154 cm³/mol.